The van der Waals surface area contributed by atoms with E-state index in [9.17, 15) is 14.4 Å². The number of piperazine rings is 1. The molecule has 2 amide bonds. The quantitative estimate of drug-likeness (QED) is 0.571. The Balaban J connectivity index is 1.21. The van der Waals surface area contributed by atoms with Crippen molar-refractivity contribution in [2.24, 2.45) is 11.8 Å². The van der Waals surface area contributed by atoms with Gasteiger partial charge in [0.05, 0.1) is 37.2 Å². The van der Waals surface area contributed by atoms with E-state index in [1.165, 1.54) is 0 Å². The molecule has 3 fully saturated rings. The summed E-state index contributed by atoms with van der Waals surface area (Å²) in [6.45, 7) is 6.93. The molecule has 196 valence electrons. The molecule has 9 nitrogen and oxygen atoms in total. The Kier molecular flexibility index (Phi) is 7.55. The Hall–Kier alpha value is -3.27. The monoisotopic (exact) mass is 505 g/mol. The summed E-state index contributed by atoms with van der Waals surface area (Å²) < 4.78 is 5.17. The first-order valence-corrected chi connectivity index (χ1v) is 13.0. The smallest absolute Gasteiger partial charge is 0.247 e. The number of hydrogen-bond donors (Lipinski definition) is 1. The summed E-state index contributed by atoms with van der Waals surface area (Å²) in [5.74, 6) is 0.333. The zero-order valence-corrected chi connectivity index (χ0v) is 21.5. The second kappa shape index (κ2) is 11.0. The maximum absolute atomic E-state index is 13.7. The number of carbonyl (C=O) groups is 3. The highest BCUT2D eigenvalue weighted by molar-refractivity contribution is 5.98. The molecule has 2 aromatic carbocycles. The second-order valence-electron chi connectivity index (χ2n) is 9.98. The number of methoxy groups -OCH3 is 1. The van der Waals surface area contributed by atoms with Gasteiger partial charge >= 0.3 is 0 Å². The summed E-state index contributed by atoms with van der Waals surface area (Å²) in [6.07, 6.45) is 0. The molecule has 3 aliphatic heterocycles. The van der Waals surface area contributed by atoms with E-state index in [1.807, 2.05) is 35.2 Å². The number of carbonyl (C=O) groups excluding carboxylic acids is 3. The first-order chi connectivity index (χ1) is 18.0. The number of nitrogens with zero attached hydrogens (tertiary/aromatic N) is 4. The van der Waals surface area contributed by atoms with E-state index in [2.05, 4.69) is 22.1 Å². The van der Waals surface area contributed by atoms with Gasteiger partial charge in [-0.1, -0.05) is 25.1 Å². The van der Waals surface area contributed by atoms with Crippen LogP contribution >= 0.6 is 0 Å². The third kappa shape index (κ3) is 5.25. The lowest BCUT2D eigenvalue weighted by Gasteiger charge is -2.42. The van der Waals surface area contributed by atoms with Crippen LogP contribution in [0.1, 0.15) is 17.3 Å². The van der Waals surface area contributed by atoms with Gasteiger partial charge in [0, 0.05) is 44.8 Å². The van der Waals surface area contributed by atoms with E-state index in [0.717, 1.165) is 18.0 Å². The molecule has 0 saturated carbocycles. The first kappa shape index (κ1) is 25.4. The van der Waals surface area contributed by atoms with Crippen molar-refractivity contribution in [2.75, 3.05) is 64.5 Å². The molecule has 1 N–H and O–H groups in total. The highest BCUT2D eigenvalue weighted by Crippen LogP contribution is 2.32. The number of para-hydroxylation sites is 1. The van der Waals surface area contributed by atoms with Gasteiger partial charge in [0.2, 0.25) is 11.8 Å². The molecule has 0 radical (unpaired) electrons. The maximum Gasteiger partial charge on any atom is 0.247 e. The molecule has 3 unspecified atom stereocenters. The van der Waals surface area contributed by atoms with Crippen molar-refractivity contribution in [1.29, 1.82) is 0 Å². The van der Waals surface area contributed by atoms with Crippen LogP contribution in [-0.2, 0) is 9.59 Å². The SMILES string of the molecule is CCN1CC(C(=O)N2CCN(CC(=O)c3ccc(OC)cc3)CC2)C2NN(c3ccccc3)C(=O)C2C1. The minimum atomic E-state index is -0.302. The number of amides is 2. The number of nitrogens with one attached hydrogen (secondary N) is 1. The van der Waals surface area contributed by atoms with Crippen molar-refractivity contribution in [2.45, 2.75) is 13.0 Å². The maximum atomic E-state index is 13.7. The average Bonchev–Trinajstić information content (AvgIpc) is 3.29. The zero-order valence-electron chi connectivity index (χ0n) is 21.5. The minimum absolute atomic E-state index is 0.0222. The molecule has 5 rings (SSSR count). The number of benzene rings is 2. The van der Waals surface area contributed by atoms with Gasteiger partial charge in [0.1, 0.15) is 5.75 Å². The van der Waals surface area contributed by atoms with Gasteiger partial charge in [-0.15, -0.1) is 0 Å². The van der Waals surface area contributed by atoms with Gasteiger partial charge in [0.25, 0.3) is 0 Å². The molecule has 2 aromatic rings. The number of fused-ring (bicyclic) bond motifs is 1. The lowest BCUT2D eigenvalue weighted by atomic mass is 9.83. The number of ketones is 1. The summed E-state index contributed by atoms with van der Waals surface area (Å²) in [4.78, 5) is 46.0. The Morgan fingerprint density at radius 1 is 0.946 bits per heavy atom. The third-order valence-corrected chi connectivity index (χ3v) is 7.83. The van der Waals surface area contributed by atoms with Crippen molar-refractivity contribution < 1.29 is 19.1 Å². The van der Waals surface area contributed by atoms with E-state index in [1.54, 1.807) is 36.4 Å². The van der Waals surface area contributed by atoms with Crippen LogP contribution in [0.2, 0.25) is 0 Å². The lowest BCUT2D eigenvalue weighted by molar-refractivity contribution is -0.141. The average molecular weight is 506 g/mol. The molecule has 0 bridgehead atoms. The Bertz CT molecular complexity index is 1120. The number of piperidine rings is 1. The molecule has 3 atom stereocenters. The van der Waals surface area contributed by atoms with Gasteiger partial charge in [0.15, 0.2) is 5.78 Å². The predicted octanol–water partition coefficient (Wildman–Crippen LogP) is 1.51. The molecule has 0 aromatic heterocycles. The van der Waals surface area contributed by atoms with E-state index >= 15 is 0 Å². The van der Waals surface area contributed by atoms with Crippen molar-refractivity contribution in [3.63, 3.8) is 0 Å². The summed E-state index contributed by atoms with van der Waals surface area (Å²) in [7, 11) is 1.60. The molecule has 3 heterocycles. The van der Waals surface area contributed by atoms with Crippen LogP contribution in [0.5, 0.6) is 5.75 Å². The van der Waals surface area contributed by atoms with Crippen LogP contribution in [0.15, 0.2) is 54.6 Å². The van der Waals surface area contributed by atoms with Crippen LogP contribution in [0.25, 0.3) is 0 Å². The Labute approximate surface area is 217 Å². The second-order valence-corrected chi connectivity index (χ2v) is 9.98. The molecule has 37 heavy (non-hydrogen) atoms. The summed E-state index contributed by atoms with van der Waals surface area (Å²) in [5.41, 5.74) is 4.84. The van der Waals surface area contributed by atoms with Crippen LogP contribution in [0, 0.1) is 11.8 Å². The van der Waals surface area contributed by atoms with E-state index in [4.69, 9.17) is 4.74 Å². The topological polar surface area (TPSA) is 85.4 Å². The van der Waals surface area contributed by atoms with Gasteiger partial charge in [-0.25, -0.2) is 10.4 Å². The van der Waals surface area contributed by atoms with Crippen LogP contribution < -0.4 is 15.2 Å². The lowest BCUT2D eigenvalue weighted by Crippen LogP contribution is -2.59. The van der Waals surface area contributed by atoms with Gasteiger partial charge in [-0.2, -0.15) is 0 Å². The van der Waals surface area contributed by atoms with Crippen molar-refractivity contribution in [3.8, 4) is 5.75 Å². The first-order valence-electron chi connectivity index (χ1n) is 13.0. The highest BCUT2D eigenvalue weighted by Gasteiger charge is 2.51. The number of hydrazine groups is 1. The van der Waals surface area contributed by atoms with Crippen LogP contribution in [0.3, 0.4) is 0 Å². The minimum Gasteiger partial charge on any atom is -0.497 e. The normalized spacial score (nSPS) is 24.7. The number of likely N-dealkylation sites (tertiary alicyclic amines) is 1. The molecule has 3 saturated heterocycles. The van der Waals surface area contributed by atoms with Gasteiger partial charge in [-0.05, 0) is 42.9 Å². The molecule has 0 aliphatic carbocycles. The van der Waals surface area contributed by atoms with Crippen LogP contribution in [0.4, 0.5) is 5.69 Å². The van der Waals surface area contributed by atoms with Crippen LogP contribution in [-0.4, -0.2) is 97.8 Å². The summed E-state index contributed by atoms with van der Waals surface area (Å²) in [5, 5.41) is 1.62. The van der Waals surface area contributed by atoms with E-state index < -0.39 is 0 Å². The predicted molar refractivity (Wildman–Crippen MR) is 140 cm³/mol. The van der Waals surface area contributed by atoms with Gasteiger partial charge < -0.3 is 14.5 Å². The largest absolute Gasteiger partial charge is 0.497 e. The Morgan fingerprint density at radius 3 is 2.30 bits per heavy atom. The standard InChI is InChI=1S/C28H35N5O4/c1-3-30-17-23(26-24(18-30)28(36)33(29-26)21-7-5-4-6-8-21)27(35)32-15-13-31(14-16-32)19-25(34)20-9-11-22(37-2)12-10-20/h4-12,23-24,26,29H,3,13-19H2,1-2H3. The number of Topliss-reactive ketones (excluding diaryl/α,β-unsaturated/α-hetero) is 1. The van der Waals surface area contributed by atoms with E-state index in [0.29, 0.717) is 51.4 Å². The summed E-state index contributed by atoms with van der Waals surface area (Å²) >= 11 is 0. The molecule has 0 spiro atoms. The third-order valence-electron chi connectivity index (χ3n) is 7.83. The summed E-state index contributed by atoms with van der Waals surface area (Å²) in [6, 6.07) is 16.5. The van der Waals surface area contributed by atoms with Crippen molar-refractivity contribution in [1.82, 2.24) is 20.1 Å². The fourth-order valence-electron chi connectivity index (χ4n) is 5.63. The number of anilines is 1. The van der Waals surface area contributed by atoms with Gasteiger partial charge in [-0.3, -0.25) is 19.3 Å². The zero-order chi connectivity index (χ0) is 25.9. The number of rotatable bonds is 7. The fraction of sp³-hybridized carbons (Fsp3) is 0.464. The number of ether oxygens (including phenoxy) is 1. The molecule has 9 heteroatoms. The number of hydrogen-bond acceptors (Lipinski definition) is 7. The highest BCUT2D eigenvalue weighted by atomic mass is 16.5. The van der Waals surface area contributed by atoms with Crippen molar-refractivity contribution >= 4 is 23.3 Å². The molecule has 3 aliphatic rings. The Morgan fingerprint density at radius 2 is 1.65 bits per heavy atom. The molecular formula is C28H35N5O4. The fourth-order valence-corrected chi connectivity index (χ4v) is 5.63. The van der Waals surface area contributed by atoms with Crippen molar-refractivity contribution in [3.05, 3.63) is 60.2 Å². The van der Waals surface area contributed by atoms with E-state index in [-0.39, 0.29) is 35.5 Å². The molecular weight excluding hydrogens is 470 g/mol.